The molecular weight excluding hydrogens is 376 g/mol. The molecule has 0 heterocycles. The number of aryl methyl sites for hydroxylation is 3. The molecule has 172 valence electrons. The summed E-state index contributed by atoms with van der Waals surface area (Å²) in [5.74, 6) is 0.938. The molecule has 1 nitrogen and oxygen atoms in total. The fourth-order valence-corrected chi connectivity index (χ4v) is 2.03. The van der Waals surface area contributed by atoms with Gasteiger partial charge >= 0.3 is 0 Å². The van der Waals surface area contributed by atoms with Crippen LogP contribution in [0.4, 0.5) is 0 Å². The van der Waals surface area contributed by atoms with Crippen LogP contribution in [-0.2, 0) is 0 Å². The summed E-state index contributed by atoms with van der Waals surface area (Å²) in [6, 6.07) is 28.6. The number of rotatable bonds is 1. The lowest BCUT2D eigenvalue weighted by Crippen LogP contribution is -2.22. The molecule has 0 bridgehead atoms. The van der Waals surface area contributed by atoms with Crippen molar-refractivity contribution >= 4 is 0 Å². The maximum Gasteiger partial charge on any atom is 0.120 e. The first-order valence-electron chi connectivity index (χ1n) is 11.5. The van der Waals surface area contributed by atoms with E-state index in [-0.39, 0.29) is 5.60 Å². The maximum atomic E-state index is 5.66. The van der Waals surface area contributed by atoms with Gasteiger partial charge in [-0.3, -0.25) is 0 Å². The van der Waals surface area contributed by atoms with Gasteiger partial charge in [-0.25, -0.2) is 0 Å². The average molecular weight is 423 g/mol. The van der Waals surface area contributed by atoms with Gasteiger partial charge in [-0.1, -0.05) is 124 Å². The Labute approximate surface area is 193 Å². The van der Waals surface area contributed by atoms with E-state index >= 15 is 0 Å². The van der Waals surface area contributed by atoms with Crippen LogP contribution in [0.5, 0.6) is 5.75 Å². The minimum absolute atomic E-state index is 0.102. The number of ether oxygens (including phenoxy) is 1. The largest absolute Gasteiger partial charge is 0.488 e. The molecule has 3 rings (SSSR count). The van der Waals surface area contributed by atoms with Gasteiger partial charge in [0.1, 0.15) is 11.4 Å². The molecule has 0 fully saturated rings. The molecule has 0 saturated carbocycles. The summed E-state index contributed by atoms with van der Waals surface area (Å²) >= 11 is 0. The van der Waals surface area contributed by atoms with Gasteiger partial charge in [0.05, 0.1) is 0 Å². The Bertz CT molecular complexity index is 685. The Morgan fingerprint density at radius 1 is 0.548 bits per heavy atom. The van der Waals surface area contributed by atoms with Crippen LogP contribution in [-0.4, -0.2) is 5.60 Å². The van der Waals surface area contributed by atoms with Crippen molar-refractivity contribution in [3.63, 3.8) is 0 Å². The van der Waals surface area contributed by atoms with Gasteiger partial charge in [0.2, 0.25) is 0 Å². The van der Waals surface area contributed by atoms with Crippen LogP contribution < -0.4 is 4.74 Å². The summed E-state index contributed by atoms with van der Waals surface area (Å²) in [4.78, 5) is 0. The van der Waals surface area contributed by atoms with Crippen LogP contribution in [0, 0.1) is 20.8 Å². The van der Waals surface area contributed by atoms with Gasteiger partial charge in [0, 0.05) is 0 Å². The first-order chi connectivity index (χ1) is 14.7. The first kappa shape index (κ1) is 30.7. The second-order valence-electron chi connectivity index (χ2n) is 8.04. The first-order valence-corrected chi connectivity index (χ1v) is 11.5. The molecule has 0 aliphatic rings. The lowest BCUT2D eigenvalue weighted by atomic mass is 10.2. The van der Waals surface area contributed by atoms with E-state index in [1.807, 2.05) is 83.1 Å². The van der Waals surface area contributed by atoms with E-state index in [0.29, 0.717) is 0 Å². The van der Waals surface area contributed by atoms with Gasteiger partial charge in [0.15, 0.2) is 0 Å². The molecule has 3 aromatic carbocycles. The van der Waals surface area contributed by atoms with Crippen molar-refractivity contribution in [1.82, 2.24) is 0 Å². The van der Waals surface area contributed by atoms with Crippen LogP contribution in [0.1, 0.15) is 71.6 Å². The Hall–Kier alpha value is -2.54. The van der Waals surface area contributed by atoms with E-state index in [2.05, 4.69) is 71.0 Å². The quantitative estimate of drug-likeness (QED) is 0.379. The lowest BCUT2D eigenvalue weighted by Gasteiger charge is -2.21. The highest BCUT2D eigenvalue weighted by Gasteiger charge is 2.10. The molecule has 1 heteroatoms. The zero-order valence-corrected chi connectivity index (χ0v) is 21.7. The van der Waals surface area contributed by atoms with Crippen molar-refractivity contribution in [2.24, 2.45) is 0 Å². The molecule has 0 unspecified atom stereocenters. The van der Waals surface area contributed by atoms with E-state index in [9.17, 15) is 0 Å². The predicted molar refractivity (Wildman–Crippen MR) is 141 cm³/mol. The molecule has 0 aliphatic carbocycles. The van der Waals surface area contributed by atoms with Crippen molar-refractivity contribution in [1.29, 1.82) is 0 Å². The monoisotopic (exact) mass is 422 g/mol. The van der Waals surface area contributed by atoms with Gasteiger partial charge in [0.25, 0.3) is 0 Å². The Morgan fingerprint density at radius 2 is 0.839 bits per heavy atom. The summed E-state index contributed by atoms with van der Waals surface area (Å²) in [5.41, 5.74) is 3.80. The fourth-order valence-electron chi connectivity index (χ4n) is 2.03. The molecule has 0 aliphatic heterocycles. The van der Waals surface area contributed by atoms with Crippen molar-refractivity contribution in [2.75, 3.05) is 0 Å². The van der Waals surface area contributed by atoms with Gasteiger partial charge in [-0.05, 0) is 53.7 Å². The normalized spacial score (nSPS) is 9.10. The molecular formula is C30H46O. The van der Waals surface area contributed by atoms with E-state index in [1.54, 1.807) is 0 Å². The maximum absolute atomic E-state index is 5.66. The Kier molecular flexibility index (Phi) is 19.2. The number of hydrogen-bond acceptors (Lipinski definition) is 1. The standard InChI is InChI=1S/C11H16O.2C7H8.C3H8.C2H6/c1-9-5-7-10(8-6-9)12-11(2,3)4;2*1-7-5-3-2-4-6-7;1-3-2;1-2/h5-8H,1-4H3;2*2-6H,1H3;3H2,1-2H3;1-2H3. The third kappa shape index (κ3) is 22.0. The van der Waals surface area contributed by atoms with Crippen molar-refractivity contribution < 1.29 is 4.74 Å². The zero-order valence-electron chi connectivity index (χ0n) is 21.7. The third-order valence-corrected chi connectivity index (χ3v) is 3.33. The topological polar surface area (TPSA) is 9.23 Å². The average Bonchev–Trinajstić information content (AvgIpc) is 2.73. The van der Waals surface area contributed by atoms with Crippen molar-refractivity contribution in [3.05, 3.63) is 102 Å². The van der Waals surface area contributed by atoms with E-state index < -0.39 is 0 Å². The van der Waals surface area contributed by atoms with Crippen LogP contribution >= 0.6 is 0 Å². The molecule has 0 amide bonds. The van der Waals surface area contributed by atoms with E-state index in [4.69, 9.17) is 4.74 Å². The number of benzene rings is 3. The summed E-state index contributed by atoms with van der Waals surface area (Å²) in [5, 5.41) is 0. The van der Waals surface area contributed by atoms with Crippen molar-refractivity contribution in [2.45, 2.75) is 81.3 Å². The highest BCUT2D eigenvalue weighted by Crippen LogP contribution is 2.17. The molecule has 0 N–H and O–H groups in total. The highest BCUT2D eigenvalue weighted by molar-refractivity contribution is 5.26. The molecule has 31 heavy (non-hydrogen) atoms. The van der Waals surface area contributed by atoms with Crippen LogP contribution in [0.15, 0.2) is 84.9 Å². The smallest absolute Gasteiger partial charge is 0.120 e. The summed E-state index contributed by atoms with van der Waals surface area (Å²) in [6.45, 7) is 20.6. The van der Waals surface area contributed by atoms with Gasteiger partial charge < -0.3 is 4.74 Å². The SMILES string of the molecule is CC.CCC.Cc1ccc(OC(C)(C)C)cc1.Cc1ccccc1.Cc1ccccc1. The second kappa shape index (κ2) is 19.4. The molecule has 3 aromatic rings. The van der Waals surface area contributed by atoms with E-state index in [1.165, 1.54) is 23.1 Å². The minimum Gasteiger partial charge on any atom is -0.488 e. The predicted octanol–water partition coefficient (Wildman–Crippen LogP) is 9.60. The minimum atomic E-state index is -0.102. The van der Waals surface area contributed by atoms with Crippen LogP contribution in [0.25, 0.3) is 0 Å². The van der Waals surface area contributed by atoms with E-state index in [0.717, 1.165) is 5.75 Å². The second-order valence-corrected chi connectivity index (χ2v) is 8.04. The number of hydrogen-bond donors (Lipinski definition) is 0. The lowest BCUT2D eigenvalue weighted by molar-refractivity contribution is 0.131. The zero-order chi connectivity index (χ0) is 24.1. The summed E-state index contributed by atoms with van der Waals surface area (Å²) in [7, 11) is 0. The molecule has 0 saturated heterocycles. The highest BCUT2D eigenvalue weighted by atomic mass is 16.5. The summed E-state index contributed by atoms with van der Waals surface area (Å²) in [6.07, 6.45) is 1.25. The fraction of sp³-hybridized carbons (Fsp3) is 0.400. The molecule has 0 spiro atoms. The Morgan fingerprint density at radius 3 is 1.06 bits per heavy atom. The molecule has 0 aromatic heterocycles. The van der Waals surface area contributed by atoms with Crippen molar-refractivity contribution in [3.8, 4) is 5.75 Å². The Balaban J connectivity index is 0. The molecule has 0 radical (unpaired) electrons. The third-order valence-electron chi connectivity index (χ3n) is 3.33. The molecule has 0 atom stereocenters. The summed E-state index contributed by atoms with van der Waals surface area (Å²) < 4.78 is 5.66. The van der Waals surface area contributed by atoms with Crippen LogP contribution in [0.3, 0.4) is 0 Å². The van der Waals surface area contributed by atoms with Gasteiger partial charge in [-0.15, -0.1) is 0 Å². The van der Waals surface area contributed by atoms with Crippen LogP contribution in [0.2, 0.25) is 0 Å². The van der Waals surface area contributed by atoms with Gasteiger partial charge in [-0.2, -0.15) is 0 Å².